The molecule has 2 aromatic rings. The molecule has 0 bridgehead atoms. The highest BCUT2D eigenvalue weighted by Gasteiger charge is 2.36. The first-order valence-electron chi connectivity index (χ1n) is 8.22. The van der Waals surface area contributed by atoms with E-state index in [0.717, 1.165) is 5.56 Å². The highest BCUT2D eigenvalue weighted by Crippen LogP contribution is 2.24. The molecular weight excluding hydrogens is 368 g/mol. The Morgan fingerprint density at radius 2 is 1.44 bits per heavy atom. The molecule has 0 heterocycles. The van der Waals surface area contributed by atoms with E-state index >= 15 is 0 Å². The number of hydrogen-bond acceptors (Lipinski definition) is 4. The number of esters is 1. The molecule has 0 aliphatic heterocycles. The summed E-state index contributed by atoms with van der Waals surface area (Å²) in [6, 6.07) is 11.3. The fourth-order valence-corrected chi connectivity index (χ4v) is 2.34. The third-order valence-corrected chi connectivity index (χ3v) is 4.54. The summed E-state index contributed by atoms with van der Waals surface area (Å²) in [6.07, 6.45) is 0. The molecule has 0 spiro atoms. The van der Waals surface area contributed by atoms with Crippen LogP contribution in [0.15, 0.2) is 42.5 Å². The van der Waals surface area contributed by atoms with Gasteiger partial charge in [0, 0.05) is 16.4 Å². The minimum Gasteiger partial charge on any atom is -0.465 e. The number of carbonyl (C=O) groups excluding carboxylic acids is 3. The van der Waals surface area contributed by atoms with Gasteiger partial charge in [0.15, 0.2) is 0 Å². The summed E-state index contributed by atoms with van der Waals surface area (Å²) in [6.45, 7) is 4.91. The van der Waals surface area contributed by atoms with E-state index < -0.39 is 23.2 Å². The van der Waals surface area contributed by atoms with Gasteiger partial charge in [0.2, 0.25) is 11.8 Å². The molecule has 0 atom stereocenters. The van der Waals surface area contributed by atoms with Crippen LogP contribution in [0.5, 0.6) is 0 Å². The topological polar surface area (TPSA) is 84.5 Å². The second-order valence-electron chi connectivity index (χ2n) is 6.57. The molecule has 2 amide bonds. The SMILES string of the molecule is COC(=O)c1ccc(NC(=O)C(C)(C)C(=O)Nc2ccc(C)c(Cl)c2)cc1. The van der Waals surface area contributed by atoms with Crippen molar-refractivity contribution in [1.29, 1.82) is 0 Å². The van der Waals surface area contributed by atoms with E-state index in [4.69, 9.17) is 11.6 Å². The second kappa shape index (κ2) is 8.22. The number of ether oxygens (including phenoxy) is 1. The van der Waals surface area contributed by atoms with Crippen molar-refractivity contribution in [2.45, 2.75) is 20.8 Å². The predicted molar refractivity (Wildman–Crippen MR) is 105 cm³/mol. The molecule has 0 aliphatic carbocycles. The average Bonchev–Trinajstić information content (AvgIpc) is 2.64. The molecule has 142 valence electrons. The summed E-state index contributed by atoms with van der Waals surface area (Å²) in [7, 11) is 1.29. The highest BCUT2D eigenvalue weighted by atomic mass is 35.5. The van der Waals surface area contributed by atoms with Crippen molar-refractivity contribution < 1.29 is 19.1 Å². The predicted octanol–water partition coefficient (Wildman–Crippen LogP) is 4.04. The molecule has 7 heteroatoms. The minimum absolute atomic E-state index is 0.365. The van der Waals surface area contributed by atoms with Crippen molar-refractivity contribution >= 4 is 40.8 Å². The summed E-state index contributed by atoms with van der Waals surface area (Å²) >= 11 is 6.06. The molecule has 0 aromatic heterocycles. The summed E-state index contributed by atoms with van der Waals surface area (Å²) in [4.78, 5) is 36.6. The van der Waals surface area contributed by atoms with Crippen LogP contribution in [-0.4, -0.2) is 24.9 Å². The van der Waals surface area contributed by atoms with Crippen LogP contribution in [0.25, 0.3) is 0 Å². The molecular formula is C20H21ClN2O4. The van der Waals surface area contributed by atoms with Crippen LogP contribution in [0.1, 0.15) is 29.8 Å². The lowest BCUT2D eigenvalue weighted by molar-refractivity contribution is -0.135. The summed E-state index contributed by atoms with van der Waals surface area (Å²) in [5, 5.41) is 5.91. The van der Waals surface area contributed by atoms with Crippen molar-refractivity contribution in [1.82, 2.24) is 0 Å². The number of amides is 2. The normalized spacial score (nSPS) is 10.9. The molecule has 0 saturated heterocycles. The Hall–Kier alpha value is -2.86. The van der Waals surface area contributed by atoms with Crippen LogP contribution in [0, 0.1) is 12.3 Å². The Kier molecular flexibility index (Phi) is 6.23. The van der Waals surface area contributed by atoms with Crippen molar-refractivity contribution in [2.75, 3.05) is 17.7 Å². The van der Waals surface area contributed by atoms with Crippen molar-refractivity contribution in [3.63, 3.8) is 0 Å². The van der Waals surface area contributed by atoms with Crippen molar-refractivity contribution in [2.24, 2.45) is 5.41 Å². The smallest absolute Gasteiger partial charge is 0.337 e. The zero-order valence-corrected chi connectivity index (χ0v) is 16.3. The van der Waals surface area contributed by atoms with Gasteiger partial charge in [-0.25, -0.2) is 4.79 Å². The first-order chi connectivity index (χ1) is 12.6. The van der Waals surface area contributed by atoms with Crippen LogP contribution >= 0.6 is 11.6 Å². The Labute approximate surface area is 162 Å². The summed E-state index contributed by atoms with van der Waals surface area (Å²) in [5.74, 6) is -1.42. The van der Waals surface area contributed by atoms with Crippen LogP contribution in [-0.2, 0) is 14.3 Å². The van der Waals surface area contributed by atoms with Gasteiger partial charge in [-0.05, 0) is 62.7 Å². The maximum Gasteiger partial charge on any atom is 0.337 e. The van der Waals surface area contributed by atoms with Gasteiger partial charge in [-0.15, -0.1) is 0 Å². The number of anilines is 2. The summed E-state index contributed by atoms with van der Waals surface area (Å²) < 4.78 is 4.63. The van der Waals surface area contributed by atoms with E-state index in [-0.39, 0.29) is 0 Å². The number of carbonyl (C=O) groups is 3. The zero-order chi connectivity index (χ0) is 20.2. The van der Waals surface area contributed by atoms with Gasteiger partial charge in [-0.2, -0.15) is 0 Å². The van der Waals surface area contributed by atoms with Crippen LogP contribution in [0.3, 0.4) is 0 Å². The number of aryl methyl sites for hydroxylation is 1. The maximum atomic E-state index is 12.6. The van der Waals surface area contributed by atoms with Gasteiger partial charge in [0.05, 0.1) is 12.7 Å². The van der Waals surface area contributed by atoms with Crippen molar-refractivity contribution in [3.8, 4) is 0 Å². The molecule has 0 radical (unpaired) electrons. The molecule has 0 saturated carbocycles. The molecule has 2 rings (SSSR count). The highest BCUT2D eigenvalue weighted by molar-refractivity contribution is 6.31. The first-order valence-corrected chi connectivity index (χ1v) is 8.60. The van der Waals surface area contributed by atoms with Gasteiger partial charge in [-0.1, -0.05) is 17.7 Å². The minimum atomic E-state index is -1.33. The number of methoxy groups -OCH3 is 1. The van der Waals surface area contributed by atoms with Gasteiger partial charge < -0.3 is 15.4 Å². The zero-order valence-electron chi connectivity index (χ0n) is 15.6. The molecule has 27 heavy (non-hydrogen) atoms. The lowest BCUT2D eigenvalue weighted by atomic mass is 9.90. The number of hydrogen-bond donors (Lipinski definition) is 2. The van der Waals surface area contributed by atoms with Crippen LogP contribution in [0.4, 0.5) is 11.4 Å². The Morgan fingerprint density at radius 3 is 1.96 bits per heavy atom. The van der Waals surface area contributed by atoms with E-state index in [2.05, 4.69) is 15.4 Å². The average molecular weight is 389 g/mol. The molecule has 2 aromatic carbocycles. The van der Waals surface area contributed by atoms with E-state index in [1.807, 2.05) is 6.92 Å². The molecule has 0 fully saturated rings. The van der Waals surface area contributed by atoms with Gasteiger partial charge in [0.1, 0.15) is 5.41 Å². The Morgan fingerprint density at radius 1 is 0.926 bits per heavy atom. The molecule has 6 nitrogen and oxygen atoms in total. The fourth-order valence-electron chi connectivity index (χ4n) is 2.16. The van der Waals surface area contributed by atoms with Gasteiger partial charge in [0.25, 0.3) is 0 Å². The molecule has 0 aliphatic rings. The molecule has 2 N–H and O–H groups in total. The van der Waals surface area contributed by atoms with Crippen LogP contribution in [0.2, 0.25) is 5.02 Å². The number of benzene rings is 2. The second-order valence-corrected chi connectivity index (χ2v) is 6.97. The number of rotatable bonds is 5. The summed E-state index contributed by atoms with van der Waals surface area (Å²) in [5.41, 5.74) is 0.898. The van der Waals surface area contributed by atoms with Gasteiger partial charge in [-0.3, -0.25) is 9.59 Å². The Bertz CT molecular complexity index is 876. The van der Waals surface area contributed by atoms with Crippen molar-refractivity contribution in [3.05, 3.63) is 58.6 Å². The van der Waals surface area contributed by atoms with Crippen LogP contribution < -0.4 is 10.6 Å². The van der Waals surface area contributed by atoms with E-state index in [1.54, 1.807) is 30.3 Å². The van der Waals surface area contributed by atoms with E-state index in [1.165, 1.54) is 33.1 Å². The third kappa shape index (κ3) is 4.86. The quantitative estimate of drug-likeness (QED) is 0.598. The lowest BCUT2D eigenvalue weighted by Crippen LogP contribution is -2.41. The monoisotopic (exact) mass is 388 g/mol. The Balaban J connectivity index is 2.07. The maximum absolute atomic E-state index is 12.6. The third-order valence-electron chi connectivity index (χ3n) is 4.13. The molecule has 0 unspecified atom stereocenters. The largest absolute Gasteiger partial charge is 0.465 e. The number of halogens is 1. The standard InChI is InChI=1S/C20H21ClN2O4/c1-12-5-8-15(11-16(12)21)23-19(26)20(2,3)18(25)22-14-9-6-13(7-10-14)17(24)27-4/h5-11H,1-4H3,(H,22,25)(H,23,26). The van der Waals surface area contributed by atoms with E-state index in [9.17, 15) is 14.4 Å². The lowest BCUT2D eigenvalue weighted by Gasteiger charge is -2.23. The van der Waals surface area contributed by atoms with Gasteiger partial charge >= 0.3 is 5.97 Å². The van der Waals surface area contributed by atoms with E-state index in [0.29, 0.717) is 22.0 Å². The first kappa shape index (κ1) is 20.5. The number of nitrogens with one attached hydrogen (secondary N) is 2. The fraction of sp³-hybridized carbons (Fsp3) is 0.250.